The van der Waals surface area contributed by atoms with E-state index in [9.17, 15) is 0 Å². The van der Waals surface area contributed by atoms with Gasteiger partial charge in [-0.3, -0.25) is 4.68 Å². The van der Waals surface area contributed by atoms with E-state index in [-0.39, 0.29) is 0 Å². The molecule has 1 aromatic rings. The molecule has 1 N–H and O–H groups in total. The predicted molar refractivity (Wildman–Crippen MR) is 52.6 cm³/mol. The van der Waals surface area contributed by atoms with Crippen molar-refractivity contribution in [2.24, 2.45) is 7.05 Å². The summed E-state index contributed by atoms with van der Waals surface area (Å²) in [5, 5.41) is 7.75. The summed E-state index contributed by atoms with van der Waals surface area (Å²) in [5.41, 5.74) is 1.39. The molecule has 0 aromatic carbocycles. The molecule has 0 spiro atoms. The van der Waals surface area contributed by atoms with E-state index in [1.165, 1.54) is 18.4 Å². The zero-order chi connectivity index (χ0) is 9.26. The van der Waals surface area contributed by atoms with E-state index in [0.717, 1.165) is 6.54 Å². The number of hydrogen-bond acceptors (Lipinski definition) is 2. The molecular formula is C10H17N3. The van der Waals surface area contributed by atoms with Gasteiger partial charge in [-0.2, -0.15) is 5.10 Å². The van der Waals surface area contributed by atoms with Crippen molar-refractivity contribution in [3.63, 3.8) is 0 Å². The lowest BCUT2D eigenvalue weighted by atomic mass is 9.93. The van der Waals surface area contributed by atoms with Gasteiger partial charge in [-0.05, 0) is 24.9 Å². The van der Waals surface area contributed by atoms with Crippen LogP contribution in [0.5, 0.6) is 0 Å². The average Bonchev–Trinajstić information content (AvgIpc) is 2.71. The highest BCUT2D eigenvalue weighted by Crippen LogP contribution is 2.28. The molecule has 2 atom stereocenters. The van der Waals surface area contributed by atoms with Gasteiger partial charge >= 0.3 is 0 Å². The van der Waals surface area contributed by atoms with Gasteiger partial charge in [0.25, 0.3) is 0 Å². The first-order chi connectivity index (χ1) is 6.31. The summed E-state index contributed by atoms with van der Waals surface area (Å²) in [4.78, 5) is 0. The minimum Gasteiger partial charge on any atom is -0.313 e. The maximum absolute atomic E-state index is 4.22. The Morgan fingerprint density at radius 2 is 2.54 bits per heavy atom. The second-order valence-electron chi connectivity index (χ2n) is 3.81. The van der Waals surface area contributed by atoms with E-state index in [0.29, 0.717) is 12.0 Å². The van der Waals surface area contributed by atoms with Crippen molar-refractivity contribution in [3.8, 4) is 0 Å². The number of rotatable bonds is 2. The minimum absolute atomic E-state index is 0.657. The normalized spacial score (nSPS) is 28.2. The summed E-state index contributed by atoms with van der Waals surface area (Å²) >= 11 is 0. The molecule has 1 aliphatic rings. The van der Waals surface area contributed by atoms with E-state index < -0.39 is 0 Å². The zero-order valence-electron chi connectivity index (χ0n) is 8.33. The van der Waals surface area contributed by atoms with Crippen LogP contribution in [0.1, 0.15) is 31.2 Å². The zero-order valence-corrected chi connectivity index (χ0v) is 8.33. The molecule has 1 fully saturated rings. The first-order valence-corrected chi connectivity index (χ1v) is 5.03. The third kappa shape index (κ3) is 1.61. The quantitative estimate of drug-likeness (QED) is 0.741. The van der Waals surface area contributed by atoms with Crippen molar-refractivity contribution in [2.75, 3.05) is 6.54 Å². The second kappa shape index (κ2) is 3.50. The summed E-state index contributed by atoms with van der Waals surface area (Å²) < 4.78 is 1.89. The van der Waals surface area contributed by atoms with E-state index in [4.69, 9.17) is 0 Å². The molecular weight excluding hydrogens is 162 g/mol. The summed E-state index contributed by atoms with van der Waals surface area (Å²) in [6.07, 6.45) is 6.60. The highest BCUT2D eigenvalue weighted by molar-refractivity contribution is 5.16. The van der Waals surface area contributed by atoms with Crippen molar-refractivity contribution in [1.82, 2.24) is 15.1 Å². The second-order valence-corrected chi connectivity index (χ2v) is 3.81. The van der Waals surface area contributed by atoms with Crippen molar-refractivity contribution < 1.29 is 0 Å². The standard InChI is InChI=1S/C10H17N3/c1-3-10-9(4-5-11-10)8-6-12-13(2)7-8/h6-7,9-11H,3-5H2,1-2H3. The van der Waals surface area contributed by atoms with Gasteiger partial charge < -0.3 is 5.32 Å². The van der Waals surface area contributed by atoms with Gasteiger partial charge in [0.1, 0.15) is 0 Å². The third-order valence-corrected chi connectivity index (χ3v) is 2.94. The first kappa shape index (κ1) is 8.75. The lowest BCUT2D eigenvalue weighted by molar-refractivity contribution is 0.531. The molecule has 0 radical (unpaired) electrons. The molecule has 1 aliphatic heterocycles. The summed E-state index contributed by atoms with van der Waals surface area (Å²) in [6.45, 7) is 3.39. The highest BCUT2D eigenvalue weighted by Gasteiger charge is 2.27. The van der Waals surface area contributed by atoms with Crippen LogP contribution in [0.4, 0.5) is 0 Å². The van der Waals surface area contributed by atoms with Crippen LogP contribution >= 0.6 is 0 Å². The van der Waals surface area contributed by atoms with Crippen LogP contribution in [0.2, 0.25) is 0 Å². The Morgan fingerprint density at radius 3 is 3.15 bits per heavy atom. The van der Waals surface area contributed by atoms with E-state index in [1.54, 1.807) is 0 Å². The number of nitrogens with zero attached hydrogens (tertiary/aromatic N) is 2. The van der Waals surface area contributed by atoms with E-state index >= 15 is 0 Å². The molecule has 0 amide bonds. The minimum atomic E-state index is 0.657. The summed E-state index contributed by atoms with van der Waals surface area (Å²) in [5.74, 6) is 0.679. The van der Waals surface area contributed by atoms with Gasteiger partial charge in [-0.15, -0.1) is 0 Å². The molecule has 3 heteroatoms. The molecule has 1 saturated heterocycles. The molecule has 0 bridgehead atoms. The van der Waals surface area contributed by atoms with Crippen LogP contribution in [0.15, 0.2) is 12.4 Å². The molecule has 2 unspecified atom stereocenters. The van der Waals surface area contributed by atoms with Gasteiger partial charge in [-0.1, -0.05) is 6.92 Å². The molecule has 3 nitrogen and oxygen atoms in total. The molecule has 0 saturated carbocycles. The number of nitrogens with one attached hydrogen (secondary N) is 1. The molecule has 13 heavy (non-hydrogen) atoms. The van der Waals surface area contributed by atoms with Crippen molar-refractivity contribution in [2.45, 2.75) is 31.7 Å². The lowest BCUT2D eigenvalue weighted by Crippen LogP contribution is -2.24. The maximum Gasteiger partial charge on any atom is 0.0525 e. The van der Waals surface area contributed by atoms with Gasteiger partial charge in [-0.25, -0.2) is 0 Å². The number of hydrogen-bond donors (Lipinski definition) is 1. The maximum atomic E-state index is 4.22. The van der Waals surface area contributed by atoms with Crippen LogP contribution in [0.25, 0.3) is 0 Å². The average molecular weight is 179 g/mol. The molecule has 0 aliphatic carbocycles. The van der Waals surface area contributed by atoms with E-state index in [2.05, 4.69) is 23.5 Å². The van der Waals surface area contributed by atoms with E-state index in [1.807, 2.05) is 17.9 Å². The van der Waals surface area contributed by atoms with Crippen LogP contribution in [-0.2, 0) is 7.05 Å². The SMILES string of the molecule is CCC1NCCC1c1cnn(C)c1. The number of aryl methyl sites for hydroxylation is 1. The van der Waals surface area contributed by atoms with Crippen LogP contribution in [-0.4, -0.2) is 22.4 Å². The van der Waals surface area contributed by atoms with Crippen molar-refractivity contribution in [1.29, 1.82) is 0 Å². The number of aromatic nitrogens is 2. The van der Waals surface area contributed by atoms with Gasteiger partial charge in [0, 0.05) is 25.2 Å². The fourth-order valence-electron chi connectivity index (χ4n) is 2.23. The smallest absolute Gasteiger partial charge is 0.0525 e. The van der Waals surface area contributed by atoms with Gasteiger partial charge in [0.2, 0.25) is 0 Å². The lowest BCUT2D eigenvalue weighted by Gasteiger charge is -2.15. The van der Waals surface area contributed by atoms with Gasteiger partial charge in [0.05, 0.1) is 6.20 Å². The Kier molecular flexibility index (Phi) is 2.36. The van der Waals surface area contributed by atoms with Crippen molar-refractivity contribution in [3.05, 3.63) is 18.0 Å². The first-order valence-electron chi connectivity index (χ1n) is 5.03. The monoisotopic (exact) mass is 179 g/mol. The Labute approximate surface area is 79.1 Å². The fourth-order valence-corrected chi connectivity index (χ4v) is 2.23. The van der Waals surface area contributed by atoms with Crippen LogP contribution in [0.3, 0.4) is 0 Å². The Hall–Kier alpha value is -0.830. The Morgan fingerprint density at radius 1 is 1.69 bits per heavy atom. The molecule has 1 aromatic heterocycles. The van der Waals surface area contributed by atoms with Crippen LogP contribution < -0.4 is 5.32 Å². The van der Waals surface area contributed by atoms with Crippen LogP contribution in [0, 0.1) is 0 Å². The largest absolute Gasteiger partial charge is 0.313 e. The summed E-state index contributed by atoms with van der Waals surface area (Å²) in [6, 6.07) is 0.657. The highest BCUT2D eigenvalue weighted by atomic mass is 15.2. The molecule has 2 rings (SSSR count). The topological polar surface area (TPSA) is 29.9 Å². The van der Waals surface area contributed by atoms with Crippen molar-refractivity contribution >= 4 is 0 Å². The van der Waals surface area contributed by atoms with Gasteiger partial charge in [0.15, 0.2) is 0 Å². The Balaban J connectivity index is 2.15. The Bertz CT molecular complexity index is 279. The molecule has 72 valence electrons. The predicted octanol–water partition coefficient (Wildman–Crippen LogP) is 1.28. The summed E-state index contributed by atoms with van der Waals surface area (Å²) in [7, 11) is 1.98. The fraction of sp³-hybridized carbons (Fsp3) is 0.700. The third-order valence-electron chi connectivity index (χ3n) is 2.94. The molecule has 2 heterocycles.